The van der Waals surface area contributed by atoms with E-state index in [0.717, 1.165) is 12.1 Å². The van der Waals surface area contributed by atoms with E-state index in [1.54, 1.807) is 0 Å². The first kappa shape index (κ1) is 16.3. The van der Waals surface area contributed by atoms with Gasteiger partial charge in [-0.15, -0.1) is 0 Å². The van der Waals surface area contributed by atoms with Crippen LogP contribution in [0.1, 0.15) is 27.3 Å². The van der Waals surface area contributed by atoms with E-state index < -0.39 is 22.1 Å². The van der Waals surface area contributed by atoms with E-state index in [1.165, 1.54) is 29.1 Å². The van der Waals surface area contributed by atoms with E-state index in [-0.39, 0.29) is 0 Å². The van der Waals surface area contributed by atoms with Crippen LogP contribution < -0.4 is 10.1 Å². The van der Waals surface area contributed by atoms with Crippen molar-refractivity contribution in [1.29, 1.82) is 0 Å². The Morgan fingerprint density at radius 2 is 1.62 bits per heavy atom. The topological polar surface area (TPSA) is 97.4 Å². The molecule has 6 nitrogen and oxygen atoms in total. The van der Waals surface area contributed by atoms with Crippen LogP contribution in [-0.4, -0.2) is 10.9 Å². The Morgan fingerprint density at radius 3 is 2.00 bits per heavy atom. The third-order valence-corrected chi connectivity index (χ3v) is 2.60. The van der Waals surface area contributed by atoms with Crippen LogP contribution >= 0.6 is 0 Å². The first-order chi connectivity index (χ1) is 9.81. The van der Waals surface area contributed by atoms with Crippen molar-refractivity contribution in [2.24, 2.45) is 0 Å². The second-order valence-corrected chi connectivity index (χ2v) is 4.59. The standard InChI is InChI=1S/C8H11N.C7H5NO4/c1-6-4-7(2)9-8(3)5-6;9-7(10)5-3-1-2-4-6(5)8(11)12/h4-5H,1-3H3;1-4H,(H,9,10). The molecule has 0 atom stereocenters. The van der Waals surface area contributed by atoms with Gasteiger partial charge in [0.1, 0.15) is 0 Å². The predicted molar refractivity (Wildman–Crippen MR) is 74.6 cm³/mol. The zero-order valence-corrected chi connectivity index (χ0v) is 12.0. The number of nitro groups is 1. The van der Waals surface area contributed by atoms with Gasteiger partial charge in [-0.05, 0) is 18.6 Å². The Bertz CT molecular complexity index is 585. The highest BCUT2D eigenvalue weighted by Crippen LogP contribution is 2.15. The largest absolute Gasteiger partial charge is 0.545 e. The number of nitrogens with zero attached hydrogens (tertiary/aromatic N) is 1. The molecule has 0 amide bonds. The Morgan fingerprint density at radius 1 is 1.10 bits per heavy atom. The highest BCUT2D eigenvalue weighted by molar-refractivity contribution is 5.90. The molecule has 0 saturated heterocycles. The van der Waals surface area contributed by atoms with Gasteiger partial charge in [0.25, 0.3) is 5.69 Å². The number of benzene rings is 1. The lowest BCUT2D eigenvalue weighted by Gasteiger charge is -2.01. The number of hydrogen-bond donors (Lipinski definition) is 0. The number of aromatic amines is 1. The van der Waals surface area contributed by atoms with Crippen molar-refractivity contribution in [3.63, 3.8) is 0 Å². The third kappa shape index (κ3) is 5.02. The summed E-state index contributed by atoms with van der Waals surface area (Å²) in [6, 6.07) is 9.31. The number of pyridine rings is 1. The molecule has 0 unspecified atom stereocenters. The molecule has 0 bridgehead atoms. The second-order valence-electron chi connectivity index (χ2n) is 4.59. The average molecular weight is 288 g/mol. The monoisotopic (exact) mass is 288 g/mol. The molecule has 2 rings (SSSR count). The van der Waals surface area contributed by atoms with Gasteiger partial charge in [-0.25, -0.2) is 4.98 Å². The van der Waals surface area contributed by atoms with Crippen molar-refractivity contribution in [1.82, 2.24) is 0 Å². The SMILES string of the molecule is Cc1cc(C)[nH+]c(C)c1.O=C([O-])c1ccccc1[N+](=O)[O-]. The van der Waals surface area contributed by atoms with Gasteiger partial charge in [-0.3, -0.25) is 10.1 Å². The summed E-state index contributed by atoms with van der Waals surface area (Å²) in [6.45, 7) is 6.24. The number of carboxylic acids is 1. The molecule has 0 aliphatic rings. The van der Waals surface area contributed by atoms with Gasteiger partial charge in [0.15, 0.2) is 11.4 Å². The lowest BCUT2D eigenvalue weighted by Crippen LogP contribution is -2.23. The maximum Gasteiger partial charge on any atom is 0.278 e. The van der Waals surface area contributed by atoms with Crippen molar-refractivity contribution in [2.75, 3.05) is 0 Å². The molecular weight excluding hydrogens is 272 g/mol. The summed E-state index contributed by atoms with van der Waals surface area (Å²) in [5.74, 6) is -1.54. The van der Waals surface area contributed by atoms with Crippen molar-refractivity contribution < 1.29 is 19.8 Å². The molecule has 1 N–H and O–H groups in total. The summed E-state index contributed by atoms with van der Waals surface area (Å²) >= 11 is 0. The molecule has 1 aromatic carbocycles. The van der Waals surface area contributed by atoms with E-state index in [0.29, 0.717) is 0 Å². The number of H-pyrrole nitrogens is 1. The number of carboxylic acid groups (broad SMARTS) is 1. The van der Waals surface area contributed by atoms with Crippen molar-refractivity contribution in [3.05, 3.63) is 69.0 Å². The number of nitro benzene ring substituents is 1. The predicted octanol–water partition coefficient (Wildman–Crippen LogP) is 1.38. The lowest BCUT2D eigenvalue weighted by atomic mass is 10.2. The maximum absolute atomic E-state index is 10.3. The number of hydrogen-bond acceptors (Lipinski definition) is 4. The van der Waals surface area contributed by atoms with Crippen LogP contribution in [0.4, 0.5) is 5.69 Å². The fraction of sp³-hybridized carbons (Fsp3) is 0.200. The molecule has 6 heteroatoms. The van der Waals surface area contributed by atoms with Crippen LogP contribution in [0, 0.1) is 30.9 Å². The number of rotatable bonds is 2. The van der Waals surface area contributed by atoms with Crippen molar-refractivity contribution in [3.8, 4) is 0 Å². The highest BCUT2D eigenvalue weighted by Gasteiger charge is 2.11. The van der Waals surface area contributed by atoms with Crippen LogP contribution in [0.15, 0.2) is 36.4 Å². The Kier molecular flexibility index (Phi) is 5.54. The van der Waals surface area contributed by atoms with E-state index in [1.807, 2.05) is 0 Å². The van der Waals surface area contributed by atoms with Crippen molar-refractivity contribution >= 4 is 11.7 Å². The Hall–Kier alpha value is -2.76. The summed E-state index contributed by atoms with van der Waals surface area (Å²) in [7, 11) is 0. The minimum absolute atomic E-state index is 0.400. The van der Waals surface area contributed by atoms with Gasteiger partial charge in [-0.1, -0.05) is 12.1 Å². The molecule has 0 saturated carbocycles. The molecule has 0 aliphatic heterocycles. The van der Waals surface area contributed by atoms with E-state index in [9.17, 15) is 20.0 Å². The molecule has 110 valence electrons. The number of aromatic carboxylic acids is 1. The molecular formula is C15H16N2O4. The molecule has 0 spiro atoms. The van der Waals surface area contributed by atoms with Gasteiger partial charge < -0.3 is 9.90 Å². The molecule has 0 radical (unpaired) electrons. The molecule has 21 heavy (non-hydrogen) atoms. The van der Waals surface area contributed by atoms with Crippen LogP contribution in [-0.2, 0) is 0 Å². The highest BCUT2D eigenvalue weighted by atomic mass is 16.6. The molecule has 1 heterocycles. The number of aromatic nitrogens is 1. The third-order valence-electron chi connectivity index (χ3n) is 2.60. The Labute approximate surface area is 122 Å². The maximum atomic E-state index is 10.3. The summed E-state index contributed by atoms with van der Waals surface area (Å²) in [4.78, 5) is 23.0. The molecule has 0 fully saturated rings. The van der Waals surface area contributed by atoms with Gasteiger partial charge in [-0.2, -0.15) is 0 Å². The summed E-state index contributed by atoms with van der Waals surface area (Å²) in [6.07, 6.45) is 0. The lowest BCUT2D eigenvalue weighted by molar-refractivity contribution is -0.396. The fourth-order valence-corrected chi connectivity index (χ4v) is 1.91. The van der Waals surface area contributed by atoms with E-state index in [4.69, 9.17) is 0 Å². The smallest absolute Gasteiger partial charge is 0.278 e. The number of para-hydroxylation sites is 1. The quantitative estimate of drug-likeness (QED) is 0.616. The van der Waals surface area contributed by atoms with E-state index in [2.05, 4.69) is 37.9 Å². The fourth-order valence-electron chi connectivity index (χ4n) is 1.91. The van der Waals surface area contributed by atoms with E-state index >= 15 is 0 Å². The van der Waals surface area contributed by atoms with Crippen molar-refractivity contribution in [2.45, 2.75) is 20.8 Å². The van der Waals surface area contributed by atoms with Crippen LogP contribution in [0.5, 0.6) is 0 Å². The van der Waals surface area contributed by atoms with Crippen LogP contribution in [0.3, 0.4) is 0 Å². The average Bonchev–Trinajstić information content (AvgIpc) is 2.37. The molecule has 0 aliphatic carbocycles. The summed E-state index contributed by atoms with van der Waals surface area (Å²) in [5, 5.41) is 20.6. The Balaban J connectivity index is 0.000000219. The summed E-state index contributed by atoms with van der Waals surface area (Å²) in [5.41, 5.74) is 2.93. The number of carbonyl (C=O) groups is 1. The first-order valence-electron chi connectivity index (χ1n) is 6.23. The minimum atomic E-state index is -1.54. The van der Waals surface area contributed by atoms with Gasteiger partial charge in [0.05, 0.1) is 16.5 Å². The molecule has 2 aromatic rings. The van der Waals surface area contributed by atoms with Gasteiger partial charge in [0.2, 0.25) is 0 Å². The zero-order valence-electron chi connectivity index (χ0n) is 12.0. The second kappa shape index (κ2) is 7.14. The zero-order chi connectivity index (χ0) is 16.0. The number of aryl methyl sites for hydroxylation is 3. The van der Waals surface area contributed by atoms with Gasteiger partial charge in [0, 0.05) is 32.0 Å². The summed E-state index contributed by atoms with van der Waals surface area (Å²) < 4.78 is 0. The van der Waals surface area contributed by atoms with Gasteiger partial charge >= 0.3 is 0 Å². The van der Waals surface area contributed by atoms with Crippen LogP contribution in [0.2, 0.25) is 0 Å². The number of nitrogens with one attached hydrogen (secondary N) is 1. The number of carbonyl (C=O) groups excluding carboxylic acids is 1. The first-order valence-corrected chi connectivity index (χ1v) is 6.23. The minimum Gasteiger partial charge on any atom is -0.545 e. The molecule has 1 aromatic heterocycles. The normalized spacial score (nSPS) is 9.48. The van der Waals surface area contributed by atoms with Crippen LogP contribution in [0.25, 0.3) is 0 Å².